The van der Waals surface area contributed by atoms with E-state index in [1.807, 2.05) is 6.92 Å². The van der Waals surface area contributed by atoms with Crippen molar-refractivity contribution in [1.29, 1.82) is 0 Å². The Bertz CT molecular complexity index is 1060. The number of carbonyl (C=O) groups is 2. The zero-order valence-electron chi connectivity index (χ0n) is 18.8. The minimum atomic E-state index is -0.642. The number of amides is 2. The van der Waals surface area contributed by atoms with Crippen molar-refractivity contribution in [2.24, 2.45) is 0 Å². The fourth-order valence-electron chi connectivity index (χ4n) is 3.41. The second-order valence-corrected chi connectivity index (χ2v) is 7.54. The normalized spacial score (nSPS) is 19.2. The summed E-state index contributed by atoms with van der Waals surface area (Å²) in [7, 11) is 1.47. The number of likely N-dealkylation sites (N-methyl/N-ethyl adjacent to an activating group) is 1. The molecule has 0 aliphatic carbocycles. The molecule has 2 N–H and O–H groups in total. The Kier molecular flexibility index (Phi) is 7.78. The van der Waals surface area contributed by atoms with Crippen LogP contribution in [0, 0.1) is 5.82 Å². The van der Waals surface area contributed by atoms with E-state index in [2.05, 4.69) is 17.2 Å². The molecule has 2 heterocycles. The van der Waals surface area contributed by atoms with Gasteiger partial charge in [0.05, 0.1) is 13.2 Å². The fraction of sp³-hybridized carbons (Fsp3) is 0.333. The van der Waals surface area contributed by atoms with Crippen LogP contribution in [-0.4, -0.2) is 43.2 Å². The van der Waals surface area contributed by atoms with Crippen LogP contribution in [0.2, 0.25) is 0 Å². The van der Waals surface area contributed by atoms with E-state index in [0.29, 0.717) is 23.3 Å². The minimum absolute atomic E-state index is 0.0203. The molecule has 0 saturated carbocycles. The fourth-order valence-corrected chi connectivity index (χ4v) is 3.41. The maximum atomic E-state index is 15.0. The van der Waals surface area contributed by atoms with E-state index in [9.17, 15) is 18.4 Å². The number of hydrogen-bond donors (Lipinski definition) is 2. The Morgan fingerprint density at radius 2 is 2.18 bits per heavy atom. The number of nitrogens with zero attached hydrogens (tertiary/aromatic N) is 1. The first-order valence-electron chi connectivity index (χ1n) is 10.6. The zero-order valence-corrected chi connectivity index (χ0v) is 18.8. The Labute approximate surface area is 191 Å². The van der Waals surface area contributed by atoms with Gasteiger partial charge in [0.1, 0.15) is 17.3 Å². The highest BCUT2D eigenvalue weighted by atomic mass is 19.1. The first-order chi connectivity index (χ1) is 15.8. The van der Waals surface area contributed by atoms with Gasteiger partial charge in [-0.3, -0.25) is 14.4 Å². The zero-order chi connectivity index (χ0) is 24.1. The Balaban J connectivity index is 1.67. The number of benzene rings is 1. The number of nitrogens with one attached hydrogen (secondary N) is 2. The molecule has 7 nitrogen and oxygen atoms in total. The third-order valence-corrected chi connectivity index (χ3v) is 5.41. The SMILES string of the molecule is C=C(C1=CCN(Cc2ccc3c(c2F)NC(=O)C(CC)O3)OC1)/C(F)=C\C(=C/C)C(=O)NC. The van der Waals surface area contributed by atoms with Gasteiger partial charge in [0.25, 0.3) is 11.8 Å². The van der Waals surface area contributed by atoms with Crippen LogP contribution in [0.5, 0.6) is 5.75 Å². The number of ether oxygens (including phenoxy) is 1. The minimum Gasteiger partial charge on any atom is -0.478 e. The van der Waals surface area contributed by atoms with Crippen molar-refractivity contribution >= 4 is 17.5 Å². The molecule has 2 amide bonds. The Hall–Kier alpha value is -3.30. The quantitative estimate of drug-likeness (QED) is 0.480. The molecule has 33 heavy (non-hydrogen) atoms. The number of carbonyl (C=O) groups excluding carboxylic acids is 2. The molecular weight excluding hydrogens is 432 g/mol. The molecule has 1 aromatic carbocycles. The van der Waals surface area contributed by atoms with Crippen molar-refractivity contribution in [2.45, 2.75) is 32.9 Å². The Morgan fingerprint density at radius 3 is 2.79 bits per heavy atom. The van der Waals surface area contributed by atoms with E-state index in [1.165, 1.54) is 18.2 Å². The number of fused-ring (bicyclic) bond motifs is 1. The van der Waals surface area contributed by atoms with Crippen molar-refractivity contribution in [3.8, 4) is 5.75 Å². The summed E-state index contributed by atoms with van der Waals surface area (Å²) < 4.78 is 35.1. The first-order valence-corrected chi connectivity index (χ1v) is 10.6. The van der Waals surface area contributed by atoms with Gasteiger partial charge in [-0.2, -0.15) is 5.06 Å². The van der Waals surface area contributed by atoms with Crippen molar-refractivity contribution in [2.75, 3.05) is 25.5 Å². The monoisotopic (exact) mass is 459 g/mol. The lowest BCUT2D eigenvalue weighted by molar-refractivity contribution is -0.157. The molecule has 0 radical (unpaired) electrons. The molecule has 0 fully saturated rings. The molecule has 2 aliphatic heterocycles. The highest BCUT2D eigenvalue weighted by molar-refractivity contribution is 5.98. The van der Waals surface area contributed by atoms with E-state index in [1.54, 1.807) is 25.1 Å². The molecule has 176 valence electrons. The molecule has 1 aromatic rings. The van der Waals surface area contributed by atoms with Crippen LogP contribution < -0.4 is 15.4 Å². The summed E-state index contributed by atoms with van der Waals surface area (Å²) >= 11 is 0. The van der Waals surface area contributed by atoms with Gasteiger partial charge in [0, 0.05) is 30.3 Å². The molecule has 0 bridgehead atoms. The van der Waals surface area contributed by atoms with E-state index >= 15 is 0 Å². The lowest BCUT2D eigenvalue weighted by Crippen LogP contribution is -2.37. The van der Waals surface area contributed by atoms with Gasteiger partial charge < -0.3 is 15.4 Å². The third-order valence-electron chi connectivity index (χ3n) is 5.41. The van der Waals surface area contributed by atoms with Crippen LogP contribution in [-0.2, 0) is 21.0 Å². The van der Waals surface area contributed by atoms with Crippen LogP contribution in [0.1, 0.15) is 25.8 Å². The summed E-state index contributed by atoms with van der Waals surface area (Å²) in [5.41, 5.74) is 1.16. The summed E-state index contributed by atoms with van der Waals surface area (Å²) in [5, 5.41) is 6.53. The highest BCUT2D eigenvalue weighted by Crippen LogP contribution is 2.35. The standard InChI is InChI=1S/C24H27F2N3O4/c1-5-15(23(30)27-4)11-18(25)14(3)17-9-10-29(32-13-17)12-16-7-8-20-22(21(16)26)28-24(31)19(6-2)33-20/h5,7-9,11,19H,3,6,10,12-13H2,1-2,4H3,(H,27,30)(H,28,31)/b15-5+,18-11+. The van der Waals surface area contributed by atoms with Crippen molar-refractivity contribution in [3.63, 3.8) is 0 Å². The molecule has 1 atom stereocenters. The number of hydroxylamine groups is 2. The second-order valence-electron chi connectivity index (χ2n) is 7.54. The van der Waals surface area contributed by atoms with Crippen molar-refractivity contribution in [3.05, 3.63) is 70.9 Å². The average Bonchev–Trinajstić information content (AvgIpc) is 2.83. The number of hydrogen-bond acceptors (Lipinski definition) is 5. The number of allylic oxidation sites excluding steroid dienone is 2. The van der Waals surface area contributed by atoms with Gasteiger partial charge in [-0.05, 0) is 31.1 Å². The van der Waals surface area contributed by atoms with Crippen LogP contribution in [0.15, 0.2) is 59.5 Å². The van der Waals surface area contributed by atoms with Gasteiger partial charge in [-0.1, -0.05) is 31.7 Å². The van der Waals surface area contributed by atoms with Crippen molar-refractivity contribution in [1.82, 2.24) is 10.4 Å². The molecule has 1 unspecified atom stereocenters. The van der Waals surface area contributed by atoms with Gasteiger partial charge in [0.15, 0.2) is 11.9 Å². The summed E-state index contributed by atoms with van der Waals surface area (Å²) in [6, 6.07) is 3.20. The smallest absolute Gasteiger partial charge is 0.265 e. The predicted molar refractivity (Wildman–Crippen MR) is 120 cm³/mol. The van der Waals surface area contributed by atoms with Crippen LogP contribution in [0.3, 0.4) is 0 Å². The number of anilines is 1. The second kappa shape index (κ2) is 10.5. The topological polar surface area (TPSA) is 79.9 Å². The van der Waals surface area contributed by atoms with Crippen LogP contribution in [0.4, 0.5) is 14.5 Å². The predicted octanol–water partition coefficient (Wildman–Crippen LogP) is 3.71. The van der Waals surface area contributed by atoms with Crippen molar-refractivity contribution < 1.29 is 27.9 Å². The highest BCUT2D eigenvalue weighted by Gasteiger charge is 2.29. The summed E-state index contributed by atoms with van der Waals surface area (Å²) in [6.45, 7) is 7.63. The first kappa shape index (κ1) is 24.3. The van der Waals surface area contributed by atoms with Gasteiger partial charge >= 0.3 is 0 Å². The molecule has 3 rings (SSSR count). The lowest BCUT2D eigenvalue weighted by atomic mass is 10.0. The maximum absolute atomic E-state index is 15.0. The van der Waals surface area contributed by atoms with E-state index in [4.69, 9.17) is 9.57 Å². The molecular formula is C24H27F2N3O4. The lowest BCUT2D eigenvalue weighted by Gasteiger charge is -2.28. The maximum Gasteiger partial charge on any atom is 0.265 e. The Morgan fingerprint density at radius 1 is 1.42 bits per heavy atom. The number of rotatable bonds is 7. The molecule has 9 heteroatoms. The van der Waals surface area contributed by atoms with E-state index in [0.717, 1.165) is 6.08 Å². The number of halogens is 2. The summed E-state index contributed by atoms with van der Waals surface area (Å²) in [5.74, 6) is -1.72. The van der Waals surface area contributed by atoms with Crippen LogP contribution in [0.25, 0.3) is 0 Å². The molecule has 0 aromatic heterocycles. The summed E-state index contributed by atoms with van der Waals surface area (Å²) in [6.07, 6.45) is 4.20. The van der Waals surface area contributed by atoms with Gasteiger partial charge in [-0.25, -0.2) is 8.78 Å². The van der Waals surface area contributed by atoms with E-state index in [-0.39, 0.29) is 42.4 Å². The molecule has 0 spiro atoms. The van der Waals surface area contributed by atoms with Crippen LogP contribution >= 0.6 is 0 Å². The average molecular weight is 459 g/mol. The summed E-state index contributed by atoms with van der Waals surface area (Å²) in [4.78, 5) is 29.4. The van der Waals surface area contributed by atoms with Gasteiger partial charge in [-0.15, -0.1) is 0 Å². The molecule has 0 saturated heterocycles. The third kappa shape index (κ3) is 5.37. The van der Waals surface area contributed by atoms with Gasteiger partial charge in [0.2, 0.25) is 0 Å². The largest absolute Gasteiger partial charge is 0.478 e. The molecule has 2 aliphatic rings. The van der Waals surface area contributed by atoms with E-state index < -0.39 is 23.7 Å².